The summed E-state index contributed by atoms with van der Waals surface area (Å²) in [6, 6.07) is 7.19. The van der Waals surface area contributed by atoms with E-state index in [4.69, 9.17) is 4.74 Å². The fourth-order valence-corrected chi connectivity index (χ4v) is 5.27. The first-order chi connectivity index (χ1) is 13.8. The number of carbonyl (C=O) groups excluding carboxylic acids is 1. The second-order valence-electron chi connectivity index (χ2n) is 9.53. The van der Waals surface area contributed by atoms with Crippen molar-refractivity contribution in [1.29, 1.82) is 0 Å². The summed E-state index contributed by atoms with van der Waals surface area (Å²) in [6.07, 6.45) is 3.74. The number of rotatable bonds is 6. The predicted octanol–water partition coefficient (Wildman–Crippen LogP) is 3.68. The SMILES string of the molecule is CC(C)c1nc2ccccc2c(=O)n1NC(=O)COC[C@@H]1CC[C@H]2C[C@@H]1C2(C)C. The van der Waals surface area contributed by atoms with Gasteiger partial charge in [0.15, 0.2) is 0 Å². The molecule has 3 aliphatic carbocycles. The number of ether oxygens (including phenoxy) is 1. The Morgan fingerprint density at radius 2 is 2.07 bits per heavy atom. The summed E-state index contributed by atoms with van der Waals surface area (Å²) in [4.78, 5) is 30.0. The highest BCUT2D eigenvalue weighted by Crippen LogP contribution is 2.61. The summed E-state index contributed by atoms with van der Waals surface area (Å²) in [6.45, 7) is 9.17. The van der Waals surface area contributed by atoms with Crippen LogP contribution in [0.15, 0.2) is 29.1 Å². The van der Waals surface area contributed by atoms with Crippen molar-refractivity contribution >= 4 is 16.8 Å². The molecule has 5 rings (SSSR count). The van der Waals surface area contributed by atoms with Gasteiger partial charge in [-0.05, 0) is 54.6 Å². The van der Waals surface area contributed by atoms with Gasteiger partial charge in [0.1, 0.15) is 12.4 Å². The molecule has 0 radical (unpaired) electrons. The zero-order valence-corrected chi connectivity index (χ0v) is 17.8. The molecule has 3 fully saturated rings. The molecular formula is C23H31N3O3. The highest BCUT2D eigenvalue weighted by Gasteiger charge is 2.54. The van der Waals surface area contributed by atoms with Crippen molar-refractivity contribution in [3.05, 3.63) is 40.4 Å². The standard InChI is InChI=1S/C23H31N3O3/c1-14(2)21-24-19-8-6-5-7-17(19)22(28)26(21)25-20(27)13-29-12-15-9-10-16-11-18(15)23(16,3)4/h5-8,14-16,18H,9-13H2,1-4H3,(H,25,27)/t15-,16-,18-/m0/s1. The molecule has 2 bridgehead atoms. The van der Waals surface area contributed by atoms with E-state index in [9.17, 15) is 9.59 Å². The minimum Gasteiger partial charge on any atom is -0.371 e. The van der Waals surface area contributed by atoms with Crippen LogP contribution >= 0.6 is 0 Å². The Balaban J connectivity index is 1.42. The van der Waals surface area contributed by atoms with Gasteiger partial charge < -0.3 is 4.74 Å². The van der Waals surface area contributed by atoms with E-state index in [1.54, 1.807) is 12.1 Å². The van der Waals surface area contributed by atoms with Crippen LogP contribution in [-0.4, -0.2) is 28.8 Å². The Labute approximate surface area is 171 Å². The number of hydrogen-bond donors (Lipinski definition) is 1. The van der Waals surface area contributed by atoms with Gasteiger partial charge in [0, 0.05) is 5.92 Å². The molecule has 0 spiro atoms. The number of nitrogens with one attached hydrogen (secondary N) is 1. The van der Waals surface area contributed by atoms with Crippen molar-refractivity contribution in [2.45, 2.75) is 52.9 Å². The van der Waals surface area contributed by atoms with Crippen LogP contribution in [0, 0.1) is 23.2 Å². The van der Waals surface area contributed by atoms with Gasteiger partial charge in [0.25, 0.3) is 11.5 Å². The molecule has 0 saturated heterocycles. The Bertz CT molecular complexity index is 977. The van der Waals surface area contributed by atoms with Crippen LogP contribution in [-0.2, 0) is 9.53 Å². The van der Waals surface area contributed by atoms with Crippen molar-refractivity contribution in [2.24, 2.45) is 23.2 Å². The van der Waals surface area contributed by atoms with Gasteiger partial charge in [0.05, 0.1) is 17.5 Å². The molecule has 156 valence electrons. The van der Waals surface area contributed by atoms with Crippen LogP contribution in [0.5, 0.6) is 0 Å². The van der Waals surface area contributed by atoms with Gasteiger partial charge >= 0.3 is 0 Å². The molecule has 1 N–H and O–H groups in total. The number of fused-ring (bicyclic) bond motifs is 3. The van der Waals surface area contributed by atoms with Gasteiger partial charge in [-0.15, -0.1) is 0 Å². The molecule has 6 nitrogen and oxygen atoms in total. The number of hydrogen-bond acceptors (Lipinski definition) is 4. The summed E-state index contributed by atoms with van der Waals surface area (Å²) < 4.78 is 7.05. The van der Waals surface area contributed by atoms with Crippen LogP contribution in [0.2, 0.25) is 0 Å². The van der Waals surface area contributed by atoms with Gasteiger partial charge in [-0.25, -0.2) is 9.66 Å². The highest BCUT2D eigenvalue weighted by molar-refractivity contribution is 5.85. The Hall–Kier alpha value is -2.21. The first-order valence-electron chi connectivity index (χ1n) is 10.7. The summed E-state index contributed by atoms with van der Waals surface area (Å²) >= 11 is 0. The minimum absolute atomic E-state index is 0.00967. The number of nitrogens with zero attached hydrogens (tertiary/aromatic N) is 2. The molecule has 0 unspecified atom stereocenters. The Morgan fingerprint density at radius 3 is 2.76 bits per heavy atom. The lowest BCUT2D eigenvalue weighted by Gasteiger charge is -2.60. The Kier molecular flexibility index (Phi) is 5.23. The van der Waals surface area contributed by atoms with E-state index in [0.717, 1.165) is 5.92 Å². The molecule has 1 aromatic carbocycles. The fraction of sp³-hybridized carbons (Fsp3) is 0.609. The smallest absolute Gasteiger partial charge is 0.280 e. The number of carbonyl (C=O) groups is 1. The van der Waals surface area contributed by atoms with E-state index in [0.29, 0.717) is 40.6 Å². The molecule has 3 saturated carbocycles. The van der Waals surface area contributed by atoms with Crippen LogP contribution in [0.25, 0.3) is 10.9 Å². The van der Waals surface area contributed by atoms with Crippen molar-refractivity contribution in [1.82, 2.24) is 9.66 Å². The third kappa shape index (κ3) is 3.59. The van der Waals surface area contributed by atoms with Crippen LogP contribution in [0.3, 0.4) is 0 Å². The second-order valence-corrected chi connectivity index (χ2v) is 9.53. The average Bonchev–Trinajstić information content (AvgIpc) is 2.69. The normalized spacial score (nSPS) is 25.1. The molecule has 1 amide bonds. The van der Waals surface area contributed by atoms with E-state index >= 15 is 0 Å². The monoisotopic (exact) mass is 397 g/mol. The van der Waals surface area contributed by atoms with Crippen molar-refractivity contribution < 1.29 is 9.53 Å². The molecule has 29 heavy (non-hydrogen) atoms. The van der Waals surface area contributed by atoms with E-state index < -0.39 is 0 Å². The number of para-hydroxylation sites is 1. The first kappa shape index (κ1) is 20.1. The largest absolute Gasteiger partial charge is 0.371 e. The quantitative estimate of drug-likeness (QED) is 0.807. The summed E-state index contributed by atoms with van der Waals surface area (Å²) in [5.74, 6) is 2.28. The molecule has 3 aliphatic rings. The molecule has 3 atom stereocenters. The van der Waals surface area contributed by atoms with Gasteiger partial charge in [-0.2, -0.15) is 0 Å². The number of amides is 1. The van der Waals surface area contributed by atoms with Crippen LogP contribution in [0.1, 0.15) is 58.7 Å². The lowest BCUT2D eigenvalue weighted by molar-refractivity contribution is -0.133. The molecule has 1 aromatic heterocycles. The van der Waals surface area contributed by atoms with E-state index in [-0.39, 0.29) is 24.0 Å². The average molecular weight is 398 g/mol. The third-order valence-corrected chi connectivity index (χ3v) is 7.12. The topological polar surface area (TPSA) is 73.2 Å². The maximum atomic E-state index is 12.9. The maximum Gasteiger partial charge on any atom is 0.280 e. The van der Waals surface area contributed by atoms with Gasteiger partial charge in [-0.3, -0.25) is 15.0 Å². The molecule has 1 heterocycles. The number of aromatic nitrogens is 2. The fourth-order valence-electron chi connectivity index (χ4n) is 5.27. The van der Waals surface area contributed by atoms with Gasteiger partial charge in [-0.1, -0.05) is 39.8 Å². The van der Waals surface area contributed by atoms with Crippen molar-refractivity contribution in [2.75, 3.05) is 18.6 Å². The lowest BCUT2D eigenvalue weighted by atomic mass is 9.46. The van der Waals surface area contributed by atoms with Crippen LogP contribution < -0.4 is 11.0 Å². The van der Waals surface area contributed by atoms with Crippen LogP contribution in [0.4, 0.5) is 0 Å². The Morgan fingerprint density at radius 1 is 1.31 bits per heavy atom. The van der Waals surface area contributed by atoms with E-state index in [1.807, 2.05) is 26.0 Å². The van der Waals surface area contributed by atoms with Crippen molar-refractivity contribution in [3.63, 3.8) is 0 Å². The first-order valence-corrected chi connectivity index (χ1v) is 10.7. The molecule has 0 aliphatic heterocycles. The summed E-state index contributed by atoms with van der Waals surface area (Å²) in [7, 11) is 0. The van der Waals surface area contributed by atoms with E-state index in [1.165, 1.54) is 23.9 Å². The maximum absolute atomic E-state index is 12.9. The number of benzene rings is 1. The van der Waals surface area contributed by atoms with Gasteiger partial charge in [0.2, 0.25) is 0 Å². The lowest BCUT2D eigenvalue weighted by Crippen LogP contribution is -2.53. The predicted molar refractivity (Wildman–Crippen MR) is 113 cm³/mol. The zero-order valence-electron chi connectivity index (χ0n) is 17.8. The van der Waals surface area contributed by atoms with E-state index in [2.05, 4.69) is 24.3 Å². The third-order valence-electron chi connectivity index (χ3n) is 7.12. The van der Waals surface area contributed by atoms with Crippen molar-refractivity contribution in [3.8, 4) is 0 Å². The highest BCUT2D eigenvalue weighted by atomic mass is 16.5. The molecular weight excluding hydrogens is 366 g/mol. The summed E-state index contributed by atoms with van der Waals surface area (Å²) in [5.41, 5.74) is 3.49. The summed E-state index contributed by atoms with van der Waals surface area (Å²) in [5, 5.41) is 0.488. The second kappa shape index (κ2) is 7.56. The molecule has 2 aromatic rings. The zero-order chi connectivity index (χ0) is 20.8. The minimum atomic E-state index is -0.326. The molecule has 6 heteroatoms.